The van der Waals surface area contributed by atoms with Gasteiger partial charge in [0.25, 0.3) is 0 Å². The van der Waals surface area contributed by atoms with Crippen LogP contribution in [0.3, 0.4) is 0 Å². The Labute approximate surface area is 134 Å². The van der Waals surface area contributed by atoms with Gasteiger partial charge in [0, 0.05) is 10.4 Å². The molecule has 1 aromatic heterocycles. The van der Waals surface area contributed by atoms with E-state index in [0.29, 0.717) is 5.02 Å². The molecule has 2 nitrogen and oxygen atoms in total. The molecule has 0 bridgehead atoms. The fraction of sp³-hybridized carbons (Fsp3) is 0.105. The molecule has 110 valence electrons. The lowest BCUT2D eigenvalue weighted by atomic mass is 10.1. The molecule has 0 amide bonds. The summed E-state index contributed by atoms with van der Waals surface area (Å²) in [6.45, 7) is 1.76. The Hall–Kier alpha value is -2.16. The second-order valence-corrected chi connectivity index (χ2v) is 5.69. The number of benzene rings is 2. The number of rotatable bonds is 3. The zero-order valence-electron chi connectivity index (χ0n) is 12.2. The molecule has 1 atom stereocenters. The monoisotopic (exact) mass is 309 g/mol. The minimum absolute atomic E-state index is 0.464. The third kappa shape index (κ3) is 3.35. The summed E-state index contributed by atoms with van der Waals surface area (Å²) in [5.41, 5.74) is 3.69. The molecular weight excluding hydrogens is 294 g/mol. The number of nitrogens with zero attached hydrogens (tertiary/aromatic N) is 1. The minimum Gasteiger partial charge on any atom is -0.389 e. The molecule has 0 spiro atoms. The van der Waals surface area contributed by atoms with Crippen LogP contribution in [0.25, 0.3) is 23.1 Å². The molecule has 0 unspecified atom stereocenters. The highest BCUT2D eigenvalue weighted by molar-refractivity contribution is 6.31. The first-order valence-corrected chi connectivity index (χ1v) is 7.52. The predicted molar refractivity (Wildman–Crippen MR) is 92.8 cm³/mol. The van der Waals surface area contributed by atoms with Crippen molar-refractivity contribution in [2.45, 2.75) is 13.0 Å². The molecule has 3 heteroatoms. The lowest BCUT2D eigenvalue weighted by molar-refractivity contribution is 0.199. The highest BCUT2D eigenvalue weighted by Gasteiger charge is 2.00. The molecule has 2 aromatic carbocycles. The Morgan fingerprint density at radius 3 is 2.68 bits per heavy atom. The number of hydrogen-bond acceptors (Lipinski definition) is 2. The second kappa shape index (κ2) is 6.30. The first-order valence-electron chi connectivity index (χ1n) is 7.14. The van der Waals surface area contributed by atoms with Gasteiger partial charge >= 0.3 is 0 Å². The van der Waals surface area contributed by atoms with E-state index in [1.54, 1.807) is 6.92 Å². The largest absolute Gasteiger partial charge is 0.389 e. The fourth-order valence-corrected chi connectivity index (χ4v) is 2.47. The molecule has 0 aliphatic heterocycles. The molecule has 3 rings (SSSR count). The first kappa shape index (κ1) is 14.8. The summed E-state index contributed by atoms with van der Waals surface area (Å²) in [5, 5.41) is 11.4. The third-order valence-electron chi connectivity index (χ3n) is 3.52. The molecule has 0 fully saturated rings. The van der Waals surface area contributed by atoms with Crippen LogP contribution in [0.1, 0.15) is 29.8 Å². The Morgan fingerprint density at radius 2 is 1.86 bits per heavy atom. The maximum atomic E-state index is 9.63. The first-order chi connectivity index (χ1) is 10.6. The van der Waals surface area contributed by atoms with Gasteiger partial charge in [0.05, 0.1) is 17.3 Å². The maximum Gasteiger partial charge on any atom is 0.0762 e. The van der Waals surface area contributed by atoms with E-state index in [9.17, 15) is 5.11 Å². The van der Waals surface area contributed by atoms with Crippen molar-refractivity contribution in [2.24, 2.45) is 0 Å². The third-order valence-corrected chi connectivity index (χ3v) is 3.75. The van der Waals surface area contributed by atoms with Crippen molar-refractivity contribution in [3.05, 3.63) is 76.4 Å². The molecule has 3 aromatic rings. The van der Waals surface area contributed by atoms with Crippen molar-refractivity contribution in [2.75, 3.05) is 0 Å². The topological polar surface area (TPSA) is 33.1 Å². The molecule has 0 saturated carbocycles. The summed E-state index contributed by atoms with van der Waals surface area (Å²) in [7, 11) is 0. The quantitative estimate of drug-likeness (QED) is 0.729. The van der Waals surface area contributed by atoms with E-state index < -0.39 is 6.10 Å². The van der Waals surface area contributed by atoms with Crippen molar-refractivity contribution >= 4 is 34.7 Å². The number of pyridine rings is 1. The Bertz CT molecular complexity index is 840. The molecule has 0 saturated heterocycles. The maximum absolute atomic E-state index is 9.63. The minimum atomic E-state index is -0.464. The highest BCUT2D eigenvalue weighted by atomic mass is 35.5. The molecule has 22 heavy (non-hydrogen) atoms. The smallest absolute Gasteiger partial charge is 0.0762 e. The van der Waals surface area contributed by atoms with Crippen LogP contribution in [0, 0.1) is 0 Å². The van der Waals surface area contributed by atoms with Crippen LogP contribution in [0.2, 0.25) is 5.02 Å². The van der Waals surface area contributed by atoms with Crippen molar-refractivity contribution in [3.8, 4) is 0 Å². The normalized spacial score (nSPS) is 12.9. The van der Waals surface area contributed by atoms with E-state index in [2.05, 4.69) is 4.98 Å². The number of aliphatic hydroxyl groups excluding tert-OH is 1. The van der Waals surface area contributed by atoms with Gasteiger partial charge in [0.1, 0.15) is 0 Å². The van der Waals surface area contributed by atoms with Crippen molar-refractivity contribution in [3.63, 3.8) is 0 Å². The average Bonchev–Trinajstić information content (AvgIpc) is 2.52. The van der Waals surface area contributed by atoms with Crippen molar-refractivity contribution in [1.29, 1.82) is 0 Å². The van der Waals surface area contributed by atoms with Gasteiger partial charge < -0.3 is 5.11 Å². The van der Waals surface area contributed by atoms with Crippen LogP contribution >= 0.6 is 11.6 Å². The lowest BCUT2D eigenvalue weighted by Gasteiger charge is -2.05. The van der Waals surface area contributed by atoms with Gasteiger partial charge in [-0.1, -0.05) is 48.0 Å². The zero-order valence-corrected chi connectivity index (χ0v) is 13.0. The van der Waals surface area contributed by atoms with Gasteiger partial charge in [0.2, 0.25) is 0 Å². The zero-order chi connectivity index (χ0) is 15.5. The van der Waals surface area contributed by atoms with E-state index in [4.69, 9.17) is 11.6 Å². The molecule has 0 aliphatic rings. The lowest BCUT2D eigenvalue weighted by Crippen LogP contribution is -1.90. The average molecular weight is 310 g/mol. The summed E-state index contributed by atoms with van der Waals surface area (Å²) < 4.78 is 0. The van der Waals surface area contributed by atoms with E-state index >= 15 is 0 Å². The van der Waals surface area contributed by atoms with E-state index in [-0.39, 0.29) is 0 Å². The van der Waals surface area contributed by atoms with Gasteiger partial charge in [0.15, 0.2) is 0 Å². The van der Waals surface area contributed by atoms with Gasteiger partial charge in [-0.15, -0.1) is 0 Å². The van der Waals surface area contributed by atoms with Crippen LogP contribution in [0.15, 0.2) is 54.6 Å². The molecule has 0 radical (unpaired) electrons. The molecule has 0 aliphatic carbocycles. The molecular formula is C19H16ClNO. The SMILES string of the molecule is C[C@H](O)c1cccc(/C=C/c2ccc3ccc(Cl)cc3n2)c1. The van der Waals surface area contributed by atoms with Crippen molar-refractivity contribution < 1.29 is 5.11 Å². The van der Waals surface area contributed by atoms with E-state index in [1.807, 2.05) is 66.7 Å². The van der Waals surface area contributed by atoms with Gasteiger partial charge in [-0.2, -0.15) is 0 Å². The number of aliphatic hydroxyl groups is 1. The molecule has 1 N–H and O–H groups in total. The summed E-state index contributed by atoms with van der Waals surface area (Å²) in [6, 6.07) is 17.5. The second-order valence-electron chi connectivity index (χ2n) is 5.25. The summed E-state index contributed by atoms with van der Waals surface area (Å²) in [5.74, 6) is 0. The van der Waals surface area contributed by atoms with E-state index in [1.165, 1.54) is 0 Å². The Balaban J connectivity index is 1.90. The summed E-state index contributed by atoms with van der Waals surface area (Å²) in [6.07, 6.45) is 3.49. The van der Waals surface area contributed by atoms with Crippen LogP contribution in [-0.4, -0.2) is 10.1 Å². The number of fused-ring (bicyclic) bond motifs is 1. The molecule has 1 heterocycles. The fourth-order valence-electron chi connectivity index (χ4n) is 2.30. The van der Waals surface area contributed by atoms with Gasteiger partial charge in [-0.05, 0) is 48.4 Å². The Kier molecular flexibility index (Phi) is 4.23. The number of hydrogen-bond donors (Lipinski definition) is 1. The summed E-state index contributed by atoms with van der Waals surface area (Å²) in [4.78, 5) is 4.59. The number of halogens is 1. The highest BCUT2D eigenvalue weighted by Crippen LogP contribution is 2.19. The van der Waals surface area contributed by atoms with Gasteiger partial charge in [-0.3, -0.25) is 0 Å². The van der Waals surface area contributed by atoms with Crippen LogP contribution in [-0.2, 0) is 0 Å². The van der Waals surface area contributed by atoms with Gasteiger partial charge in [-0.25, -0.2) is 4.98 Å². The summed E-state index contributed by atoms with van der Waals surface area (Å²) >= 11 is 6.01. The predicted octanol–water partition coefficient (Wildman–Crippen LogP) is 5.11. The Morgan fingerprint density at radius 1 is 1.05 bits per heavy atom. The van der Waals surface area contributed by atoms with Crippen LogP contribution < -0.4 is 0 Å². The standard InChI is InChI=1S/C19H16ClNO/c1-13(22)16-4-2-3-14(11-16)5-9-18-10-7-15-6-8-17(20)12-19(15)21-18/h2-13,22H,1H3/b9-5+/t13-/m0/s1. The van der Waals surface area contributed by atoms with Crippen LogP contribution in [0.4, 0.5) is 0 Å². The number of aromatic nitrogens is 1. The van der Waals surface area contributed by atoms with E-state index in [0.717, 1.165) is 27.7 Å². The van der Waals surface area contributed by atoms with Crippen LogP contribution in [0.5, 0.6) is 0 Å². The van der Waals surface area contributed by atoms with Crippen molar-refractivity contribution in [1.82, 2.24) is 4.98 Å².